The van der Waals surface area contributed by atoms with Crippen molar-refractivity contribution in [3.05, 3.63) is 23.8 Å². The summed E-state index contributed by atoms with van der Waals surface area (Å²) in [6.45, 7) is 6.43. The van der Waals surface area contributed by atoms with Crippen molar-refractivity contribution in [2.75, 3.05) is 32.8 Å². The van der Waals surface area contributed by atoms with Gasteiger partial charge in [0.25, 0.3) is 0 Å². The smallest absolute Gasteiger partial charge is 0.315 e. The number of benzene rings is 1. The summed E-state index contributed by atoms with van der Waals surface area (Å²) in [4.78, 5) is 39.7. The summed E-state index contributed by atoms with van der Waals surface area (Å²) in [6, 6.07) is 4.47. The van der Waals surface area contributed by atoms with Gasteiger partial charge in [0, 0.05) is 31.1 Å². The minimum Gasteiger partial charge on any atom is -0.486 e. The number of urea groups is 1. The standard InChI is InChI=1S/C23H33N3O5/c1-3-5-6-18(25-23(29)24-4-2)22(28)26-11-9-16(10-12-26)21(27)17-7-8-19-20(15-17)31-14-13-30-19/h7-8,15-16,18H,3-6,9-14H2,1-2H3,(H2,24,25,29). The molecule has 0 saturated carbocycles. The number of hydrogen-bond donors (Lipinski definition) is 2. The average Bonchev–Trinajstić information content (AvgIpc) is 2.80. The van der Waals surface area contributed by atoms with Crippen molar-refractivity contribution in [2.24, 2.45) is 5.92 Å². The summed E-state index contributed by atoms with van der Waals surface area (Å²) in [5, 5.41) is 5.49. The van der Waals surface area contributed by atoms with Crippen molar-refractivity contribution < 1.29 is 23.9 Å². The van der Waals surface area contributed by atoms with E-state index in [1.165, 1.54) is 0 Å². The molecular weight excluding hydrogens is 398 g/mol. The number of nitrogens with zero attached hydrogens (tertiary/aromatic N) is 1. The lowest BCUT2D eigenvalue weighted by Crippen LogP contribution is -2.53. The maximum Gasteiger partial charge on any atom is 0.315 e. The monoisotopic (exact) mass is 431 g/mol. The quantitative estimate of drug-likeness (QED) is 0.617. The van der Waals surface area contributed by atoms with Crippen LogP contribution in [0.2, 0.25) is 0 Å². The molecule has 1 unspecified atom stereocenters. The number of carbonyl (C=O) groups is 3. The summed E-state index contributed by atoms with van der Waals surface area (Å²) in [5.74, 6) is 1.16. The molecule has 8 heteroatoms. The Bertz CT molecular complexity index is 789. The minimum atomic E-state index is -0.531. The number of hydrogen-bond acceptors (Lipinski definition) is 5. The molecule has 1 aromatic carbocycles. The molecular formula is C23H33N3O5. The largest absolute Gasteiger partial charge is 0.486 e. The van der Waals surface area contributed by atoms with Gasteiger partial charge in [-0.2, -0.15) is 0 Å². The number of piperidine rings is 1. The van der Waals surface area contributed by atoms with Crippen LogP contribution < -0.4 is 20.1 Å². The van der Waals surface area contributed by atoms with Crippen LogP contribution in [0.5, 0.6) is 11.5 Å². The first-order valence-corrected chi connectivity index (χ1v) is 11.3. The van der Waals surface area contributed by atoms with Gasteiger partial charge in [-0.15, -0.1) is 0 Å². The van der Waals surface area contributed by atoms with Crippen LogP contribution in [-0.2, 0) is 4.79 Å². The normalized spacial score (nSPS) is 17.0. The molecule has 170 valence electrons. The van der Waals surface area contributed by atoms with E-state index >= 15 is 0 Å². The molecule has 2 aliphatic rings. The highest BCUT2D eigenvalue weighted by Crippen LogP contribution is 2.32. The molecule has 0 spiro atoms. The first kappa shape index (κ1) is 22.9. The Kier molecular flexibility index (Phi) is 8.14. The number of rotatable bonds is 8. The van der Waals surface area contributed by atoms with E-state index in [4.69, 9.17) is 9.47 Å². The average molecular weight is 432 g/mol. The van der Waals surface area contributed by atoms with E-state index in [1.54, 1.807) is 23.1 Å². The van der Waals surface area contributed by atoms with Crippen molar-refractivity contribution in [1.29, 1.82) is 0 Å². The zero-order valence-electron chi connectivity index (χ0n) is 18.4. The van der Waals surface area contributed by atoms with Crippen LogP contribution in [0.3, 0.4) is 0 Å². The topological polar surface area (TPSA) is 97.0 Å². The number of amides is 3. The number of nitrogens with one attached hydrogen (secondary N) is 2. The molecule has 1 aromatic rings. The van der Waals surface area contributed by atoms with Crippen molar-refractivity contribution in [3.8, 4) is 11.5 Å². The summed E-state index contributed by atoms with van der Waals surface area (Å²) in [5.41, 5.74) is 0.618. The van der Waals surface area contributed by atoms with Crippen LogP contribution >= 0.6 is 0 Å². The highest BCUT2D eigenvalue weighted by atomic mass is 16.6. The number of Topliss-reactive ketones (excluding diaryl/α,β-unsaturated/α-hetero) is 1. The van der Waals surface area contributed by atoms with Gasteiger partial charge in [0.2, 0.25) is 5.91 Å². The maximum atomic E-state index is 13.0. The Morgan fingerprint density at radius 1 is 1.10 bits per heavy atom. The number of ketones is 1. The van der Waals surface area contributed by atoms with Crippen LogP contribution in [0.1, 0.15) is 56.3 Å². The van der Waals surface area contributed by atoms with Gasteiger partial charge in [-0.05, 0) is 44.4 Å². The van der Waals surface area contributed by atoms with Gasteiger partial charge in [0.15, 0.2) is 17.3 Å². The third-order valence-corrected chi connectivity index (χ3v) is 5.79. The summed E-state index contributed by atoms with van der Waals surface area (Å²) in [7, 11) is 0. The molecule has 2 aliphatic heterocycles. The van der Waals surface area contributed by atoms with Gasteiger partial charge in [-0.3, -0.25) is 9.59 Å². The predicted octanol–water partition coefficient (Wildman–Crippen LogP) is 2.76. The van der Waals surface area contributed by atoms with Gasteiger partial charge >= 0.3 is 6.03 Å². The second-order valence-corrected chi connectivity index (χ2v) is 8.02. The second kappa shape index (κ2) is 11.0. The molecule has 1 atom stereocenters. The third-order valence-electron chi connectivity index (χ3n) is 5.79. The molecule has 31 heavy (non-hydrogen) atoms. The van der Waals surface area contributed by atoms with Gasteiger partial charge in [-0.25, -0.2) is 4.79 Å². The highest BCUT2D eigenvalue weighted by Gasteiger charge is 2.32. The molecule has 3 rings (SSSR count). The summed E-state index contributed by atoms with van der Waals surface area (Å²) in [6.07, 6.45) is 3.65. The zero-order valence-corrected chi connectivity index (χ0v) is 18.4. The first-order chi connectivity index (χ1) is 15.0. The fraction of sp³-hybridized carbons (Fsp3) is 0.609. The Morgan fingerprint density at radius 3 is 2.48 bits per heavy atom. The molecule has 1 fully saturated rings. The Labute approximate surface area is 183 Å². The van der Waals surface area contributed by atoms with Crippen LogP contribution in [0.4, 0.5) is 4.79 Å². The molecule has 0 bridgehead atoms. The second-order valence-electron chi connectivity index (χ2n) is 8.02. The molecule has 2 heterocycles. The van der Waals surface area contributed by atoms with E-state index in [-0.39, 0.29) is 23.6 Å². The van der Waals surface area contributed by atoms with Crippen molar-refractivity contribution in [1.82, 2.24) is 15.5 Å². The lowest BCUT2D eigenvalue weighted by molar-refractivity contribution is -0.134. The fourth-order valence-electron chi connectivity index (χ4n) is 4.05. The number of unbranched alkanes of at least 4 members (excludes halogenated alkanes) is 1. The molecule has 0 radical (unpaired) electrons. The molecule has 1 saturated heterocycles. The van der Waals surface area contributed by atoms with Gasteiger partial charge in [0.05, 0.1) is 0 Å². The lowest BCUT2D eigenvalue weighted by Gasteiger charge is -2.34. The van der Waals surface area contributed by atoms with Crippen LogP contribution in [0.15, 0.2) is 18.2 Å². The van der Waals surface area contributed by atoms with Crippen LogP contribution in [0, 0.1) is 5.92 Å². The van der Waals surface area contributed by atoms with Crippen molar-refractivity contribution in [3.63, 3.8) is 0 Å². The maximum absolute atomic E-state index is 13.0. The minimum absolute atomic E-state index is 0.0649. The Morgan fingerprint density at radius 2 is 1.81 bits per heavy atom. The number of carbonyl (C=O) groups excluding carboxylic acids is 3. The predicted molar refractivity (Wildman–Crippen MR) is 117 cm³/mol. The van der Waals surface area contributed by atoms with Crippen molar-refractivity contribution in [2.45, 2.75) is 52.0 Å². The van der Waals surface area contributed by atoms with Gasteiger partial charge in [-0.1, -0.05) is 19.8 Å². The Balaban J connectivity index is 1.57. The van der Waals surface area contributed by atoms with Crippen LogP contribution in [-0.4, -0.2) is 61.5 Å². The van der Waals surface area contributed by atoms with E-state index in [9.17, 15) is 14.4 Å². The molecule has 3 amide bonds. The number of ether oxygens (including phenoxy) is 2. The van der Waals surface area contributed by atoms with Crippen LogP contribution in [0.25, 0.3) is 0 Å². The number of likely N-dealkylation sites (tertiary alicyclic amines) is 1. The molecule has 8 nitrogen and oxygen atoms in total. The van der Waals surface area contributed by atoms with E-state index < -0.39 is 6.04 Å². The lowest BCUT2D eigenvalue weighted by atomic mass is 9.88. The molecule has 0 aromatic heterocycles. The van der Waals surface area contributed by atoms with E-state index in [0.29, 0.717) is 69.2 Å². The SMILES string of the molecule is CCCCC(NC(=O)NCC)C(=O)N1CCC(C(=O)c2ccc3c(c2)OCCO3)CC1. The van der Waals surface area contributed by atoms with Gasteiger partial charge in [0.1, 0.15) is 19.3 Å². The summed E-state index contributed by atoms with van der Waals surface area (Å²) >= 11 is 0. The number of fused-ring (bicyclic) bond motifs is 1. The van der Waals surface area contributed by atoms with Gasteiger partial charge < -0.3 is 25.0 Å². The van der Waals surface area contributed by atoms with E-state index in [2.05, 4.69) is 17.6 Å². The Hall–Kier alpha value is -2.77. The van der Waals surface area contributed by atoms with Crippen molar-refractivity contribution >= 4 is 17.7 Å². The first-order valence-electron chi connectivity index (χ1n) is 11.3. The molecule has 2 N–H and O–H groups in total. The summed E-state index contributed by atoms with van der Waals surface area (Å²) < 4.78 is 11.1. The van der Waals surface area contributed by atoms with E-state index in [0.717, 1.165) is 12.8 Å². The third kappa shape index (κ3) is 5.89. The highest BCUT2D eigenvalue weighted by molar-refractivity contribution is 5.98. The van der Waals surface area contributed by atoms with E-state index in [1.807, 2.05) is 6.92 Å². The molecule has 0 aliphatic carbocycles. The fourth-order valence-corrected chi connectivity index (χ4v) is 4.05. The zero-order chi connectivity index (χ0) is 22.2.